The maximum absolute atomic E-state index is 12.4. The molecule has 1 N–H and O–H groups in total. The second-order valence-corrected chi connectivity index (χ2v) is 11.5. The van der Waals surface area contributed by atoms with Crippen molar-refractivity contribution in [2.24, 2.45) is 5.92 Å². The summed E-state index contributed by atoms with van der Waals surface area (Å²) in [4.78, 5) is 31.0. The average Bonchev–Trinajstić information content (AvgIpc) is 3.02. The maximum Gasteiger partial charge on any atom is 0.318 e. The molecule has 2 atom stereocenters. The number of fused-ring (bicyclic) bond motifs is 2. The van der Waals surface area contributed by atoms with Gasteiger partial charge in [0.25, 0.3) is 0 Å². The van der Waals surface area contributed by atoms with E-state index in [1.165, 1.54) is 29.0 Å². The number of likely N-dealkylation sites (tertiary alicyclic amines) is 1. The van der Waals surface area contributed by atoms with E-state index in [0.717, 1.165) is 49.6 Å². The molecule has 216 valence electrons. The minimum Gasteiger partial charge on any atom is -0.463 e. The van der Waals surface area contributed by atoms with Gasteiger partial charge in [-0.05, 0) is 50.4 Å². The standard InChI is InChI=1S/C32H40N6O3/c1-3-30(40)38-17-16-37(19-25(38)21-39)31-27-13-15-36(29-12-6-10-24-9-4-5-11-26(24)29)20-28(27)33-32(34-31)41-22-23-8-7-14-35(2)18-23/h3-6,9-12,23,25,39H,1,7-8,13-22H2,2H3/t23-,25?/m1/s1. The smallest absolute Gasteiger partial charge is 0.318 e. The molecule has 1 unspecified atom stereocenters. The zero-order valence-electron chi connectivity index (χ0n) is 23.9. The van der Waals surface area contributed by atoms with Gasteiger partial charge in [0, 0.05) is 55.3 Å². The third kappa shape index (κ3) is 5.74. The molecule has 6 rings (SSSR count). The van der Waals surface area contributed by atoms with Crippen molar-refractivity contribution in [3.8, 4) is 6.01 Å². The van der Waals surface area contributed by atoms with Crippen LogP contribution in [0.25, 0.3) is 10.8 Å². The topological polar surface area (TPSA) is 85.3 Å². The van der Waals surface area contributed by atoms with Gasteiger partial charge in [0.1, 0.15) is 5.82 Å². The van der Waals surface area contributed by atoms with Gasteiger partial charge < -0.3 is 29.4 Å². The van der Waals surface area contributed by atoms with E-state index in [1.54, 1.807) is 4.90 Å². The number of ether oxygens (including phenoxy) is 1. The fraction of sp³-hybridized carbons (Fsp3) is 0.469. The second-order valence-electron chi connectivity index (χ2n) is 11.5. The number of aliphatic hydroxyl groups is 1. The Labute approximate surface area is 242 Å². The number of piperazine rings is 1. The number of nitrogens with zero attached hydrogens (tertiary/aromatic N) is 6. The Balaban J connectivity index is 1.31. The molecule has 0 bridgehead atoms. The molecule has 1 amide bonds. The molecule has 3 aromatic rings. The van der Waals surface area contributed by atoms with Crippen molar-refractivity contribution in [3.63, 3.8) is 0 Å². The first-order valence-electron chi connectivity index (χ1n) is 14.8. The van der Waals surface area contributed by atoms with Gasteiger partial charge in [-0.1, -0.05) is 43.0 Å². The van der Waals surface area contributed by atoms with E-state index in [4.69, 9.17) is 14.7 Å². The van der Waals surface area contributed by atoms with Gasteiger partial charge in [0.2, 0.25) is 5.91 Å². The molecule has 0 radical (unpaired) electrons. The number of amides is 1. The molecule has 1 aromatic heterocycles. The van der Waals surface area contributed by atoms with Crippen molar-refractivity contribution in [2.45, 2.75) is 31.8 Å². The predicted molar refractivity (Wildman–Crippen MR) is 161 cm³/mol. The highest BCUT2D eigenvalue weighted by molar-refractivity contribution is 5.94. The van der Waals surface area contributed by atoms with Crippen molar-refractivity contribution in [2.75, 3.05) is 69.3 Å². The van der Waals surface area contributed by atoms with E-state index in [9.17, 15) is 9.90 Å². The van der Waals surface area contributed by atoms with Gasteiger partial charge in [-0.15, -0.1) is 0 Å². The number of aromatic nitrogens is 2. The minimum atomic E-state index is -0.321. The average molecular weight is 557 g/mol. The van der Waals surface area contributed by atoms with Gasteiger partial charge in [0.15, 0.2) is 0 Å². The number of rotatable bonds is 7. The molecule has 0 saturated carbocycles. The van der Waals surface area contributed by atoms with Crippen LogP contribution in [0.4, 0.5) is 11.5 Å². The Hall–Kier alpha value is -3.69. The highest BCUT2D eigenvalue weighted by atomic mass is 16.5. The molecule has 2 saturated heterocycles. The van der Waals surface area contributed by atoms with Gasteiger partial charge in [0.05, 0.1) is 31.5 Å². The summed E-state index contributed by atoms with van der Waals surface area (Å²) in [6.07, 6.45) is 4.45. The zero-order valence-corrected chi connectivity index (χ0v) is 23.9. The summed E-state index contributed by atoms with van der Waals surface area (Å²) >= 11 is 0. The van der Waals surface area contributed by atoms with Crippen LogP contribution in [0.3, 0.4) is 0 Å². The van der Waals surface area contributed by atoms with Crippen molar-refractivity contribution < 1.29 is 14.6 Å². The lowest BCUT2D eigenvalue weighted by Crippen LogP contribution is -2.57. The Morgan fingerprint density at radius 2 is 1.93 bits per heavy atom. The molecule has 0 aliphatic carbocycles. The fourth-order valence-corrected chi connectivity index (χ4v) is 6.62. The molecular weight excluding hydrogens is 516 g/mol. The van der Waals surface area contributed by atoms with E-state index in [1.807, 2.05) is 0 Å². The summed E-state index contributed by atoms with van der Waals surface area (Å²) in [5.74, 6) is 1.17. The third-order valence-corrected chi connectivity index (χ3v) is 8.75. The van der Waals surface area contributed by atoms with E-state index >= 15 is 0 Å². The van der Waals surface area contributed by atoms with Gasteiger partial charge in [-0.2, -0.15) is 9.97 Å². The molecule has 0 spiro atoms. The SMILES string of the molecule is C=CC(=O)N1CCN(c2nc(OC[C@@H]3CCCN(C)C3)nc3c2CCN(c2cccc4ccccc24)C3)CC1CO. The lowest BCUT2D eigenvalue weighted by Gasteiger charge is -2.42. The van der Waals surface area contributed by atoms with E-state index < -0.39 is 0 Å². The van der Waals surface area contributed by atoms with Crippen LogP contribution in [0.2, 0.25) is 0 Å². The van der Waals surface area contributed by atoms with Crippen molar-refractivity contribution in [3.05, 3.63) is 66.4 Å². The van der Waals surface area contributed by atoms with Crippen LogP contribution < -0.4 is 14.5 Å². The first-order valence-corrected chi connectivity index (χ1v) is 14.8. The minimum absolute atomic E-state index is 0.114. The molecule has 2 aromatic carbocycles. The summed E-state index contributed by atoms with van der Waals surface area (Å²) in [7, 11) is 2.16. The van der Waals surface area contributed by atoms with Crippen LogP contribution in [0.5, 0.6) is 6.01 Å². The van der Waals surface area contributed by atoms with Crippen molar-refractivity contribution >= 4 is 28.2 Å². The van der Waals surface area contributed by atoms with Crippen molar-refractivity contribution in [1.29, 1.82) is 0 Å². The first kappa shape index (κ1) is 27.5. The summed E-state index contributed by atoms with van der Waals surface area (Å²) in [6.45, 7) is 9.41. The quantitative estimate of drug-likeness (QED) is 0.445. The summed E-state index contributed by atoms with van der Waals surface area (Å²) < 4.78 is 6.31. The number of carbonyl (C=O) groups excluding carboxylic acids is 1. The van der Waals surface area contributed by atoms with Crippen LogP contribution in [-0.2, 0) is 17.8 Å². The second kappa shape index (κ2) is 12.0. The number of anilines is 2. The molecule has 3 aliphatic rings. The molecule has 3 aliphatic heterocycles. The monoisotopic (exact) mass is 556 g/mol. The highest BCUT2D eigenvalue weighted by Crippen LogP contribution is 2.34. The van der Waals surface area contributed by atoms with Crippen molar-refractivity contribution in [1.82, 2.24) is 19.8 Å². The Bertz CT molecular complexity index is 1410. The van der Waals surface area contributed by atoms with Crippen LogP contribution in [-0.4, -0.2) is 96.4 Å². The lowest BCUT2D eigenvalue weighted by molar-refractivity contribution is -0.129. The number of hydrogen-bond donors (Lipinski definition) is 1. The lowest BCUT2D eigenvalue weighted by atomic mass is 10.00. The Morgan fingerprint density at radius 3 is 2.76 bits per heavy atom. The molecule has 4 heterocycles. The third-order valence-electron chi connectivity index (χ3n) is 8.75. The van der Waals surface area contributed by atoms with Crippen LogP contribution in [0.1, 0.15) is 24.1 Å². The number of benzene rings is 2. The van der Waals surface area contributed by atoms with Crippen LogP contribution >= 0.6 is 0 Å². The molecule has 2 fully saturated rings. The normalized spacial score (nSPS) is 21.6. The number of piperidine rings is 1. The number of carbonyl (C=O) groups is 1. The summed E-state index contributed by atoms with van der Waals surface area (Å²) in [6, 6.07) is 15.1. The molecule has 9 heteroatoms. The van der Waals surface area contributed by atoms with Crippen LogP contribution in [0, 0.1) is 5.92 Å². The first-order chi connectivity index (χ1) is 20.0. The molecular formula is C32H40N6O3. The number of aliphatic hydroxyl groups excluding tert-OH is 1. The fourth-order valence-electron chi connectivity index (χ4n) is 6.62. The van der Waals surface area contributed by atoms with Gasteiger partial charge in [-0.25, -0.2) is 0 Å². The van der Waals surface area contributed by atoms with E-state index in [2.05, 4.69) is 70.8 Å². The largest absolute Gasteiger partial charge is 0.463 e. The summed E-state index contributed by atoms with van der Waals surface area (Å²) in [5, 5.41) is 12.6. The molecule has 9 nitrogen and oxygen atoms in total. The zero-order chi connectivity index (χ0) is 28.3. The van der Waals surface area contributed by atoms with E-state index in [-0.39, 0.29) is 18.6 Å². The Morgan fingerprint density at radius 1 is 1.07 bits per heavy atom. The van der Waals surface area contributed by atoms with E-state index in [0.29, 0.717) is 44.7 Å². The summed E-state index contributed by atoms with van der Waals surface area (Å²) in [5.41, 5.74) is 3.32. The Kier molecular flexibility index (Phi) is 8.07. The molecule has 41 heavy (non-hydrogen) atoms. The number of hydrogen-bond acceptors (Lipinski definition) is 8. The highest BCUT2D eigenvalue weighted by Gasteiger charge is 2.33. The maximum atomic E-state index is 12.4. The predicted octanol–water partition coefficient (Wildman–Crippen LogP) is 3.11. The van der Waals surface area contributed by atoms with Crippen LogP contribution in [0.15, 0.2) is 55.1 Å². The van der Waals surface area contributed by atoms with Gasteiger partial charge in [-0.3, -0.25) is 4.79 Å². The van der Waals surface area contributed by atoms with Gasteiger partial charge >= 0.3 is 6.01 Å².